The van der Waals surface area contributed by atoms with Crippen LogP contribution in [0.5, 0.6) is 0 Å². The van der Waals surface area contributed by atoms with Crippen LogP contribution in [-0.4, -0.2) is 37.5 Å². The number of rotatable bonds is 10. The van der Waals surface area contributed by atoms with Gasteiger partial charge in [-0.05, 0) is 61.0 Å². The van der Waals surface area contributed by atoms with E-state index in [0.717, 1.165) is 45.0 Å². The number of fused-ring (bicyclic) bond motifs is 2. The number of hydrogen-bond donors (Lipinski definition) is 3. The molecular formula is C29H33Cl2N7O2. The maximum absolute atomic E-state index is 12.0. The fourth-order valence-corrected chi connectivity index (χ4v) is 4.62. The number of aryl methyl sites for hydroxylation is 2. The second-order valence-corrected chi connectivity index (χ2v) is 9.16. The van der Waals surface area contributed by atoms with Crippen LogP contribution in [0.3, 0.4) is 0 Å². The molecule has 0 spiro atoms. The molecule has 210 valence electrons. The number of hydrogen-bond acceptors (Lipinski definition) is 6. The minimum atomic E-state index is -0.211. The molecule has 9 nitrogen and oxygen atoms in total. The van der Waals surface area contributed by atoms with E-state index in [4.69, 9.17) is 25.8 Å². The summed E-state index contributed by atoms with van der Waals surface area (Å²) >= 11 is 0. The zero-order valence-corrected chi connectivity index (χ0v) is 24.0. The van der Waals surface area contributed by atoms with Gasteiger partial charge in [0.05, 0.1) is 41.6 Å². The highest BCUT2D eigenvalue weighted by Crippen LogP contribution is 2.22. The molecule has 0 unspecified atom stereocenters. The van der Waals surface area contributed by atoms with Crippen LogP contribution in [0.15, 0.2) is 66.7 Å². The number of ether oxygens (including phenoxy) is 1. The Bertz CT molecular complexity index is 1630. The van der Waals surface area contributed by atoms with Crippen molar-refractivity contribution in [1.29, 1.82) is 5.41 Å². The zero-order valence-electron chi connectivity index (χ0n) is 22.4. The van der Waals surface area contributed by atoms with Gasteiger partial charge in [0.15, 0.2) is 0 Å². The van der Waals surface area contributed by atoms with E-state index in [9.17, 15) is 4.79 Å². The number of carbonyl (C=O) groups is 1. The van der Waals surface area contributed by atoms with E-state index in [1.807, 2.05) is 56.4 Å². The Morgan fingerprint density at radius 2 is 1.70 bits per heavy atom. The fourth-order valence-electron chi connectivity index (χ4n) is 4.62. The van der Waals surface area contributed by atoms with Gasteiger partial charge in [0.25, 0.3) is 0 Å². The van der Waals surface area contributed by atoms with Crippen LogP contribution in [0.25, 0.3) is 22.1 Å². The van der Waals surface area contributed by atoms with E-state index in [1.54, 1.807) is 0 Å². The number of nitrogens with one attached hydrogen (secondary N) is 2. The molecule has 4 N–H and O–H groups in total. The average Bonchev–Trinajstić information content (AvgIpc) is 3.43. The summed E-state index contributed by atoms with van der Waals surface area (Å²) in [7, 11) is 2.02. The number of halogens is 2. The second kappa shape index (κ2) is 13.3. The first kappa shape index (κ1) is 30.5. The van der Waals surface area contributed by atoms with Crippen LogP contribution in [0.4, 0.5) is 5.69 Å². The van der Waals surface area contributed by atoms with Crippen LogP contribution >= 0.6 is 24.8 Å². The van der Waals surface area contributed by atoms with Crippen LogP contribution in [0.2, 0.25) is 0 Å². The average molecular weight is 583 g/mol. The molecule has 0 aliphatic rings. The molecule has 5 aromatic rings. The quantitative estimate of drug-likeness (QED) is 0.118. The Balaban J connectivity index is 0.00000220. The molecule has 0 saturated carbocycles. The predicted octanol–water partition coefficient (Wildman–Crippen LogP) is 5.21. The van der Waals surface area contributed by atoms with Gasteiger partial charge in [-0.3, -0.25) is 10.2 Å². The smallest absolute Gasteiger partial charge is 0.306 e. The highest BCUT2D eigenvalue weighted by Gasteiger charge is 2.15. The molecule has 0 bridgehead atoms. The Labute approximate surface area is 245 Å². The third-order valence-corrected chi connectivity index (χ3v) is 6.62. The molecule has 11 heteroatoms. The molecule has 2 aromatic heterocycles. The zero-order chi connectivity index (χ0) is 26.6. The van der Waals surface area contributed by atoms with E-state index < -0.39 is 0 Å². The molecule has 0 saturated heterocycles. The van der Waals surface area contributed by atoms with Gasteiger partial charge in [-0.15, -0.1) is 24.8 Å². The van der Waals surface area contributed by atoms with Crippen molar-refractivity contribution in [2.45, 2.75) is 32.9 Å². The number of benzene rings is 3. The number of imidazole rings is 2. The van der Waals surface area contributed by atoms with Crippen LogP contribution < -0.4 is 11.1 Å². The number of amidine groups is 1. The third-order valence-electron chi connectivity index (χ3n) is 6.62. The molecule has 0 aliphatic heterocycles. The first-order chi connectivity index (χ1) is 18.4. The standard InChI is InChI=1S/C29H31N7O2.2ClH/c1-3-38-28(37)15-14-26-33-22-6-4-5-7-25(22)36(26)18-19-8-13-24-23(16-19)34-27(35(24)2)17-32-21-11-9-20(10-12-21)29(30)31;;/h4-13,16,32H,3,14-15,17-18H2,1-2H3,(H3,30,31);2*1H. The Morgan fingerprint density at radius 1 is 0.975 bits per heavy atom. The largest absolute Gasteiger partial charge is 0.466 e. The highest BCUT2D eigenvalue weighted by molar-refractivity contribution is 5.95. The summed E-state index contributed by atoms with van der Waals surface area (Å²) in [6, 6.07) is 21.8. The maximum atomic E-state index is 12.0. The number of nitrogen functional groups attached to an aromatic ring is 1. The number of esters is 1. The summed E-state index contributed by atoms with van der Waals surface area (Å²) < 4.78 is 9.38. The van der Waals surface area contributed by atoms with Crippen LogP contribution in [-0.2, 0) is 36.1 Å². The van der Waals surface area contributed by atoms with Gasteiger partial charge < -0.3 is 24.9 Å². The van der Waals surface area contributed by atoms with Crippen molar-refractivity contribution in [3.8, 4) is 0 Å². The minimum absolute atomic E-state index is 0. The summed E-state index contributed by atoms with van der Waals surface area (Å²) in [6.07, 6.45) is 0.812. The summed E-state index contributed by atoms with van der Waals surface area (Å²) in [5, 5.41) is 10.9. The van der Waals surface area contributed by atoms with E-state index in [2.05, 4.69) is 38.7 Å². The van der Waals surface area contributed by atoms with E-state index >= 15 is 0 Å². The van der Waals surface area contributed by atoms with Crippen molar-refractivity contribution in [2.24, 2.45) is 12.8 Å². The van der Waals surface area contributed by atoms with Crippen molar-refractivity contribution in [3.05, 3.63) is 89.5 Å². The van der Waals surface area contributed by atoms with Crippen LogP contribution in [0, 0.1) is 5.41 Å². The molecule has 0 atom stereocenters. The lowest BCUT2D eigenvalue weighted by Crippen LogP contribution is -2.11. The third kappa shape index (κ3) is 6.55. The van der Waals surface area contributed by atoms with Gasteiger partial charge in [-0.2, -0.15) is 0 Å². The van der Waals surface area contributed by atoms with Crippen molar-refractivity contribution in [1.82, 2.24) is 19.1 Å². The maximum Gasteiger partial charge on any atom is 0.306 e. The highest BCUT2D eigenvalue weighted by atomic mass is 35.5. The summed E-state index contributed by atoms with van der Waals surface area (Å²) in [4.78, 5) is 21.7. The van der Waals surface area contributed by atoms with Crippen molar-refractivity contribution < 1.29 is 9.53 Å². The van der Waals surface area contributed by atoms with Gasteiger partial charge >= 0.3 is 5.97 Å². The molecule has 3 aromatic carbocycles. The lowest BCUT2D eigenvalue weighted by Gasteiger charge is -2.10. The van der Waals surface area contributed by atoms with Crippen molar-refractivity contribution in [2.75, 3.05) is 11.9 Å². The first-order valence-electron chi connectivity index (χ1n) is 12.6. The van der Waals surface area contributed by atoms with E-state index in [1.165, 1.54) is 0 Å². The SMILES string of the molecule is CCOC(=O)CCc1nc2ccccc2n1Cc1ccc2c(c1)nc(CNc1ccc(C(=N)N)cc1)n2C.Cl.Cl. The lowest BCUT2D eigenvalue weighted by molar-refractivity contribution is -0.143. The molecule has 0 aliphatic carbocycles. The number of anilines is 1. The summed E-state index contributed by atoms with van der Waals surface area (Å²) in [5.41, 5.74) is 12.2. The molecule has 5 rings (SSSR count). The number of para-hydroxylation sites is 2. The fraction of sp³-hybridized carbons (Fsp3) is 0.241. The number of aromatic nitrogens is 4. The number of carbonyl (C=O) groups excluding carboxylic acids is 1. The number of nitrogens with two attached hydrogens (primary N) is 1. The van der Waals surface area contributed by atoms with Gasteiger partial charge in [0.2, 0.25) is 0 Å². The van der Waals surface area contributed by atoms with E-state index in [-0.39, 0.29) is 36.6 Å². The summed E-state index contributed by atoms with van der Waals surface area (Å²) in [6.45, 7) is 3.38. The predicted molar refractivity (Wildman–Crippen MR) is 164 cm³/mol. The Morgan fingerprint density at radius 3 is 2.42 bits per heavy atom. The molecule has 0 radical (unpaired) electrons. The van der Waals surface area contributed by atoms with Gasteiger partial charge in [-0.25, -0.2) is 9.97 Å². The van der Waals surface area contributed by atoms with E-state index in [0.29, 0.717) is 38.1 Å². The molecule has 0 amide bonds. The normalized spacial score (nSPS) is 10.7. The molecule has 40 heavy (non-hydrogen) atoms. The topological polar surface area (TPSA) is 124 Å². The van der Waals surface area contributed by atoms with Gasteiger partial charge in [0, 0.05) is 31.3 Å². The van der Waals surface area contributed by atoms with Gasteiger partial charge in [0.1, 0.15) is 17.5 Å². The Kier molecular flexibility index (Phi) is 10.1. The molecule has 0 fully saturated rings. The first-order valence-corrected chi connectivity index (χ1v) is 12.6. The Hall–Kier alpha value is -4.08. The van der Waals surface area contributed by atoms with Crippen molar-refractivity contribution >= 4 is 64.4 Å². The second-order valence-electron chi connectivity index (χ2n) is 9.16. The van der Waals surface area contributed by atoms with Crippen LogP contribution in [0.1, 0.15) is 36.1 Å². The summed E-state index contributed by atoms with van der Waals surface area (Å²) in [5.74, 6) is 1.62. The monoisotopic (exact) mass is 581 g/mol. The molecular weight excluding hydrogens is 549 g/mol. The minimum Gasteiger partial charge on any atom is -0.466 e. The molecule has 2 heterocycles. The van der Waals surface area contributed by atoms with Crippen molar-refractivity contribution in [3.63, 3.8) is 0 Å². The lowest BCUT2D eigenvalue weighted by atomic mass is 10.2. The van der Waals surface area contributed by atoms with Gasteiger partial charge in [-0.1, -0.05) is 18.2 Å². The number of nitrogens with zero attached hydrogens (tertiary/aromatic N) is 4.